The van der Waals surface area contributed by atoms with E-state index in [1.807, 2.05) is 12.1 Å². The van der Waals surface area contributed by atoms with Gasteiger partial charge in [-0.25, -0.2) is 0 Å². The first-order valence-electron chi connectivity index (χ1n) is 21.1. The Kier molecular flexibility index (Phi) is 6.33. The predicted octanol–water partition coefficient (Wildman–Crippen LogP) is 15.7. The number of furan rings is 2. The lowest BCUT2D eigenvalue weighted by Gasteiger charge is -2.23. The Hall–Kier alpha value is -7.82. The molecule has 286 valence electrons. The van der Waals surface area contributed by atoms with E-state index in [0.717, 1.165) is 44.5 Å². The van der Waals surface area contributed by atoms with Gasteiger partial charge in [-0.3, -0.25) is 0 Å². The van der Waals surface area contributed by atoms with Gasteiger partial charge in [-0.15, -0.1) is 0 Å². The Labute approximate surface area is 350 Å². The number of nitrogens with zero attached hydrogens (tertiary/aromatic N) is 2. The second-order valence-corrected chi connectivity index (χ2v) is 17.3. The molecule has 1 aliphatic carbocycles. The van der Waals surface area contributed by atoms with Gasteiger partial charge in [0.2, 0.25) is 0 Å². The molecule has 14 rings (SSSR count). The summed E-state index contributed by atoms with van der Waals surface area (Å²) in [4.78, 5) is 0. The van der Waals surface area contributed by atoms with Gasteiger partial charge in [0.25, 0.3) is 0 Å². The van der Waals surface area contributed by atoms with Crippen molar-refractivity contribution in [2.45, 2.75) is 19.3 Å². The van der Waals surface area contributed by atoms with E-state index in [1.165, 1.54) is 87.8 Å². The summed E-state index contributed by atoms with van der Waals surface area (Å²) in [5, 5.41) is 9.61. The maximum atomic E-state index is 6.38. The molecular weight excluding hydrogens is 745 g/mol. The highest BCUT2D eigenvalue weighted by molar-refractivity contribution is 6.14. The first-order chi connectivity index (χ1) is 30.0. The molecule has 0 unspecified atom stereocenters. The molecule has 0 saturated heterocycles. The van der Waals surface area contributed by atoms with Crippen molar-refractivity contribution in [1.29, 1.82) is 0 Å². The minimum absolute atomic E-state index is 0.236. The summed E-state index contributed by atoms with van der Waals surface area (Å²) >= 11 is 0. The molecular formula is C57H36N2O2. The maximum Gasteiger partial charge on any atom is 0.135 e. The van der Waals surface area contributed by atoms with Crippen molar-refractivity contribution in [2.24, 2.45) is 0 Å². The van der Waals surface area contributed by atoms with Gasteiger partial charge in [-0.05, 0) is 106 Å². The monoisotopic (exact) mass is 780 g/mol. The molecule has 0 amide bonds. The summed E-state index contributed by atoms with van der Waals surface area (Å²) < 4.78 is 17.5. The third kappa shape index (κ3) is 4.38. The lowest BCUT2D eigenvalue weighted by molar-refractivity contribution is 0.656. The average molecular weight is 781 g/mol. The van der Waals surface area contributed by atoms with E-state index in [1.54, 1.807) is 0 Å². The molecule has 0 atom stereocenters. The minimum Gasteiger partial charge on any atom is -0.456 e. The molecule has 1 aliphatic rings. The number of fused-ring (bicyclic) bond motifs is 16. The lowest BCUT2D eigenvalue weighted by atomic mass is 9.80. The molecule has 0 radical (unpaired) electrons. The number of benzene rings is 9. The van der Waals surface area contributed by atoms with Crippen LogP contribution in [-0.4, -0.2) is 9.13 Å². The van der Waals surface area contributed by atoms with Gasteiger partial charge in [-0.2, -0.15) is 0 Å². The third-order valence-corrected chi connectivity index (χ3v) is 13.7. The molecule has 4 heterocycles. The van der Waals surface area contributed by atoms with E-state index in [2.05, 4.69) is 193 Å². The van der Waals surface area contributed by atoms with Crippen LogP contribution < -0.4 is 0 Å². The van der Waals surface area contributed by atoms with E-state index in [9.17, 15) is 0 Å². The molecule has 0 spiro atoms. The Balaban J connectivity index is 0.954. The molecule has 9 aromatic carbocycles. The highest BCUT2D eigenvalue weighted by Crippen LogP contribution is 2.54. The Morgan fingerprint density at radius 2 is 0.852 bits per heavy atom. The lowest BCUT2D eigenvalue weighted by Crippen LogP contribution is -2.15. The first-order valence-corrected chi connectivity index (χ1v) is 21.1. The summed E-state index contributed by atoms with van der Waals surface area (Å²) in [5.41, 5.74) is 18.1. The first kappa shape index (κ1) is 33.1. The molecule has 0 fully saturated rings. The summed E-state index contributed by atoms with van der Waals surface area (Å²) in [6, 6.07) is 66.3. The van der Waals surface area contributed by atoms with Gasteiger partial charge in [0, 0.05) is 59.9 Å². The Bertz CT molecular complexity index is 4040. The highest BCUT2D eigenvalue weighted by Gasteiger charge is 2.38. The molecule has 61 heavy (non-hydrogen) atoms. The van der Waals surface area contributed by atoms with Crippen LogP contribution in [0.5, 0.6) is 0 Å². The number of aromatic nitrogens is 2. The van der Waals surface area contributed by atoms with Crippen molar-refractivity contribution >= 4 is 87.5 Å². The third-order valence-electron chi connectivity index (χ3n) is 13.7. The number of para-hydroxylation sites is 4. The molecule has 4 heteroatoms. The molecule has 0 saturated carbocycles. The van der Waals surface area contributed by atoms with Crippen LogP contribution in [0.2, 0.25) is 0 Å². The largest absolute Gasteiger partial charge is 0.456 e. The van der Waals surface area contributed by atoms with Crippen LogP contribution >= 0.6 is 0 Å². The standard InChI is InChI=1S/C57H36N2O2/c1-57(2)46-32-36(21-25-37(46)43-26-28-54-55(56(43)57)44-14-6-10-18-52(44)61-54)59-48-16-8-4-12-39(48)41-24-20-34(30-50(41)59)33-19-23-40-38-11-3-7-15-47(38)58(49(40)29-33)35-22-27-53-45(31-35)42-13-5-9-17-51(42)60-53/h3-32H,1-2H3. The highest BCUT2D eigenvalue weighted by atomic mass is 16.3. The molecule has 13 aromatic rings. The van der Waals surface area contributed by atoms with Crippen LogP contribution in [-0.2, 0) is 5.41 Å². The summed E-state index contributed by atoms with van der Waals surface area (Å²) in [6.07, 6.45) is 0. The van der Waals surface area contributed by atoms with Crippen LogP contribution in [0.1, 0.15) is 25.0 Å². The zero-order valence-corrected chi connectivity index (χ0v) is 33.5. The number of hydrogen-bond donors (Lipinski definition) is 0. The quantitative estimate of drug-likeness (QED) is 0.179. The van der Waals surface area contributed by atoms with Crippen LogP contribution in [0, 0.1) is 0 Å². The van der Waals surface area contributed by atoms with Gasteiger partial charge < -0.3 is 18.0 Å². The van der Waals surface area contributed by atoms with E-state index < -0.39 is 0 Å². The molecule has 4 aromatic heterocycles. The smallest absolute Gasteiger partial charge is 0.135 e. The van der Waals surface area contributed by atoms with Gasteiger partial charge in [-0.1, -0.05) is 123 Å². The minimum atomic E-state index is -0.236. The van der Waals surface area contributed by atoms with E-state index in [0.29, 0.717) is 0 Å². The molecule has 0 bridgehead atoms. The van der Waals surface area contributed by atoms with Crippen LogP contribution in [0.4, 0.5) is 0 Å². The van der Waals surface area contributed by atoms with Gasteiger partial charge in [0.05, 0.1) is 22.1 Å². The Morgan fingerprint density at radius 1 is 0.361 bits per heavy atom. The van der Waals surface area contributed by atoms with Gasteiger partial charge in [0.1, 0.15) is 22.3 Å². The SMILES string of the molecule is CC1(C)c2cc(-n3c4ccccc4c4ccc(-c5ccc6c7ccccc7n(-c7ccc8oc9ccccc9c8c7)c6c5)cc43)ccc2-c2ccc3oc4ccccc4c3c21. The zero-order chi connectivity index (χ0) is 40.1. The molecule has 0 N–H and O–H groups in total. The fourth-order valence-corrected chi connectivity index (χ4v) is 11.0. The van der Waals surface area contributed by atoms with Gasteiger partial charge in [0.15, 0.2) is 0 Å². The van der Waals surface area contributed by atoms with Crippen LogP contribution in [0.3, 0.4) is 0 Å². The molecule has 0 aliphatic heterocycles. The van der Waals surface area contributed by atoms with Gasteiger partial charge >= 0.3 is 0 Å². The number of hydrogen-bond acceptors (Lipinski definition) is 2. The maximum absolute atomic E-state index is 6.38. The summed E-state index contributed by atoms with van der Waals surface area (Å²) in [7, 11) is 0. The average Bonchev–Trinajstić information content (AvgIpc) is 4.09. The van der Waals surface area contributed by atoms with Crippen molar-refractivity contribution in [3.05, 3.63) is 193 Å². The number of rotatable bonds is 3. The molecule has 4 nitrogen and oxygen atoms in total. The van der Waals surface area contributed by atoms with Crippen LogP contribution in [0.25, 0.3) is 121 Å². The van der Waals surface area contributed by atoms with Crippen molar-refractivity contribution in [3.8, 4) is 33.6 Å². The fraction of sp³-hybridized carbons (Fsp3) is 0.0526. The predicted molar refractivity (Wildman–Crippen MR) is 253 cm³/mol. The fourth-order valence-electron chi connectivity index (χ4n) is 11.0. The van der Waals surface area contributed by atoms with Crippen molar-refractivity contribution < 1.29 is 8.83 Å². The normalized spacial score (nSPS) is 13.5. The topological polar surface area (TPSA) is 36.1 Å². The van der Waals surface area contributed by atoms with Crippen molar-refractivity contribution in [3.63, 3.8) is 0 Å². The van der Waals surface area contributed by atoms with Crippen molar-refractivity contribution in [1.82, 2.24) is 9.13 Å². The zero-order valence-electron chi connectivity index (χ0n) is 33.5. The van der Waals surface area contributed by atoms with E-state index in [4.69, 9.17) is 8.83 Å². The Morgan fingerprint density at radius 3 is 1.54 bits per heavy atom. The van der Waals surface area contributed by atoms with E-state index in [-0.39, 0.29) is 5.41 Å². The second kappa shape index (κ2) is 11.7. The van der Waals surface area contributed by atoms with Crippen LogP contribution in [0.15, 0.2) is 191 Å². The summed E-state index contributed by atoms with van der Waals surface area (Å²) in [6.45, 7) is 4.75. The summed E-state index contributed by atoms with van der Waals surface area (Å²) in [5.74, 6) is 0. The van der Waals surface area contributed by atoms with Crippen molar-refractivity contribution in [2.75, 3.05) is 0 Å². The van der Waals surface area contributed by atoms with E-state index >= 15 is 0 Å². The second-order valence-electron chi connectivity index (χ2n) is 17.3.